The molecule has 0 saturated carbocycles. The molecule has 0 aliphatic carbocycles. The lowest BCUT2D eigenvalue weighted by molar-refractivity contribution is 0.102. The number of amides is 1. The molecule has 6 nitrogen and oxygen atoms in total. The number of halogens is 1. The number of anilines is 1. The summed E-state index contributed by atoms with van der Waals surface area (Å²) in [6.07, 6.45) is 0. The molecule has 8 heteroatoms. The number of carbonyl (C=O) groups excluding carboxylic acids is 1. The summed E-state index contributed by atoms with van der Waals surface area (Å²) in [7, 11) is -3.68. The molecule has 1 amide bonds. The van der Waals surface area contributed by atoms with Crippen LogP contribution in [0.3, 0.4) is 0 Å². The van der Waals surface area contributed by atoms with Crippen LogP contribution in [0.25, 0.3) is 0 Å². The van der Waals surface area contributed by atoms with Gasteiger partial charge in [-0.25, -0.2) is 8.42 Å². The maximum Gasteiger partial charge on any atom is 0.255 e. The first kappa shape index (κ1) is 20.9. The monoisotopic (exact) mass is 405 g/mol. The van der Waals surface area contributed by atoms with E-state index >= 15 is 0 Å². The average Bonchev–Trinajstić information content (AvgIpc) is 2.62. The molecule has 1 N–H and O–H groups in total. The van der Waals surface area contributed by atoms with E-state index in [4.69, 9.17) is 16.9 Å². The van der Waals surface area contributed by atoms with Gasteiger partial charge >= 0.3 is 0 Å². The summed E-state index contributed by atoms with van der Waals surface area (Å²) in [5, 5.41) is 11.8. The Kier molecular flexibility index (Phi) is 6.60. The molecule has 0 bridgehead atoms. The predicted octanol–water partition coefficient (Wildman–Crippen LogP) is 3.80. The Labute approximate surface area is 164 Å². The Morgan fingerprint density at radius 2 is 1.85 bits per heavy atom. The maximum atomic E-state index is 12.8. The molecule has 0 unspecified atom stereocenters. The van der Waals surface area contributed by atoms with Gasteiger partial charge in [-0.3, -0.25) is 4.79 Å². The van der Waals surface area contributed by atoms with Gasteiger partial charge in [0.15, 0.2) is 0 Å². The topological polar surface area (TPSA) is 90.3 Å². The summed E-state index contributed by atoms with van der Waals surface area (Å²) in [6.45, 7) is 5.92. The van der Waals surface area contributed by atoms with E-state index in [-0.39, 0.29) is 15.5 Å². The van der Waals surface area contributed by atoms with E-state index in [1.165, 1.54) is 22.5 Å². The van der Waals surface area contributed by atoms with Crippen molar-refractivity contribution in [3.63, 3.8) is 0 Å². The molecule has 0 aliphatic heterocycles. The van der Waals surface area contributed by atoms with Gasteiger partial charge in [-0.05, 0) is 42.8 Å². The van der Waals surface area contributed by atoms with Crippen LogP contribution < -0.4 is 5.32 Å². The SMILES string of the molecule is CCN(CC)S(=O)(=O)c1cc(C(=O)Nc2ccc(C#N)c(Cl)c2)ccc1C. The highest BCUT2D eigenvalue weighted by molar-refractivity contribution is 7.89. The molecule has 142 valence electrons. The zero-order chi connectivity index (χ0) is 20.2. The second kappa shape index (κ2) is 8.53. The number of nitrogens with zero attached hydrogens (tertiary/aromatic N) is 2. The largest absolute Gasteiger partial charge is 0.322 e. The van der Waals surface area contributed by atoms with Crippen LogP contribution in [0.4, 0.5) is 5.69 Å². The van der Waals surface area contributed by atoms with E-state index in [0.717, 1.165) is 0 Å². The van der Waals surface area contributed by atoms with Crippen molar-refractivity contribution in [2.75, 3.05) is 18.4 Å². The first-order valence-corrected chi connectivity index (χ1v) is 10.2. The van der Waals surface area contributed by atoms with Crippen molar-refractivity contribution >= 4 is 33.2 Å². The molecule has 0 atom stereocenters. The highest BCUT2D eigenvalue weighted by Gasteiger charge is 2.24. The van der Waals surface area contributed by atoms with Gasteiger partial charge < -0.3 is 5.32 Å². The molecule has 2 aromatic rings. The summed E-state index contributed by atoms with van der Waals surface area (Å²) in [5.74, 6) is -0.466. The number of nitriles is 1. The molecule has 0 radical (unpaired) electrons. The van der Waals surface area contributed by atoms with Crippen LogP contribution in [0, 0.1) is 18.3 Å². The van der Waals surface area contributed by atoms with Crippen LogP contribution in [0.2, 0.25) is 5.02 Å². The van der Waals surface area contributed by atoms with Crippen LogP contribution in [-0.2, 0) is 10.0 Å². The summed E-state index contributed by atoms with van der Waals surface area (Å²) in [5.41, 5.74) is 1.50. The first-order chi connectivity index (χ1) is 12.7. The lowest BCUT2D eigenvalue weighted by atomic mass is 10.1. The van der Waals surface area contributed by atoms with E-state index in [1.807, 2.05) is 6.07 Å². The van der Waals surface area contributed by atoms with Gasteiger partial charge in [-0.2, -0.15) is 9.57 Å². The van der Waals surface area contributed by atoms with Crippen molar-refractivity contribution in [1.82, 2.24) is 4.31 Å². The van der Waals surface area contributed by atoms with E-state index in [1.54, 1.807) is 39.0 Å². The fourth-order valence-corrected chi connectivity index (χ4v) is 4.54. The molecule has 0 aromatic heterocycles. The van der Waals surface area contributed by atoms with Gasteiger partial charge in [-0.1, -0.05) is 31.5 Å². The molecule has 27 heavy (non-hydrogen) atoms. The van der Waals surface area contributed by atoms with Crippen LogP contribution in [0.1, 0.15) is 35.3 Å². The Hall–Kier alpha value is -2.40. The lowest BCUT2D eigenvalue weighted by Gasteiger charge is -2.20. The molecular weight excluding hydrogens is 386 g/mol. The zero-order valence-electron chi connectivity index (χ0n) is 15.3. The van der Waals surface area contributed by atoms with E-state index in [2.05, 4.69) is 5.32 Å². The molecule has 0 heterocycles. The summed E-state index contributed by atoms with van der Waals surface area (Å²) in [6, 6.07) is 11.0. The van der Waals surface area contributed by atoms with Crippen molar-refractivity contribution in [2.45, 2.75) is 25.7 Å². The van der Waals surface area contributed by atoms with Gasteiger partial charge in [-0.15, -0.1) is 0 Å². The third-order valence-corrected chi connectivity index (χ3v) is 6.63. The Morgan fingerprint density at radius 1 is 1.19 bits per heavy atom. The zero-order valence-corrected chi connectivity index (χ0v) is 16.9. The van der Waals surface area contributed by atoms with E-state index in [0.29, 0.717) is 29.9 Å². The van der Waals surface area contributed by atoms with Crippen LogP contribution in [0.15, 0.2) is 41.3 Å². The number of hydrogen-bond donors (Lipinski definition) is 1. The Bertz CT molecular complexity index is 1010. The fourth-order valence-electron chi connectivity index (χ4n) is 2.61. The minimum atomic E-state index is -3.68. The number of carbonyl (C=O) groups is 1. The summed E-state index contributed by atoms with van der Waals surface area (Å²) in [4.78, 5) is 12.7. The normalized spacial score (nSPS) is 11.3. The summed E-state index contributed by atoms with van der Waals surface area (Å²) < 4.78 is 27.0. The molecule has 0 aliphatic rings. The Morgan fingerprint density at radius 3 is 2.41 bits per heavy atom. The molecule has 2 rings (SSSR count). The lowest BCUT2D eigenvalue weighted by Crippen LogP contribution is -2.31. The van der Waals surface area contributed by atoms with Crippen molar-refractivity contribution < 1.29 is 13.2 Å². The second-order valence-electron chi connectivity index (χ2n) is 5.83. The van der Waals surface area contributed by atoms with Crippen molar-refractivity contribution in [3.05, 3.63) is 58.1 Å². The highest BCUT2D eigenvalue weighted by atomic mass is 35.5. The molecule has 0 fully saturated rings. The number of aryl methyl sites for hydroxylation is 1. The van der Waals surface area contributed by atoms with Gasteiger partial charge in [0.2, 0.25) is 10.0 Å². The third kappa shape index (κ3) is 4.48. The Balaban J connectivity index is 2.36. The molecular formula is C19H20ClN3O3S. The van der Waals surface area contributed by atoms with Crippen molar-refractivity contribution in [1.29, 1.82) is 5.26 Å². The minimum absolute atomic E-state index is 0.108. The smallest absolute Gasteiger partial charge is 0.255 e. The number of benzene rings is 2. The average molecular weight is 406 g/mol. The predicted molar refractivity (Wildman–Crippen MR) is 105 cm³/mol. The van der Waals surface area contributed by atoms with Gasteiger partial charge in [0, 0.05) is 24.3 Å². The number of nitrogens with one attached hydrogen (secondary N) is 1. The highest BCUT2D eigenvalue weighted by Crippen LogP contribution is 2.23. The van der Waals surface area contributed by atoms with Gasteiger partial charge in [0.1, 0.15) is 6.07 Å². The second-order valence-corrected chi connectivity index (χ2v) is 8.14. The maximum absolute atomic E-state index is 12.8. The first-order valence-electron chi connectivity index (χ1n) is 8.36. The van der Waals surface area contributed by atoms with Crippen LogP contribution in [-0.4, -0.2) is 31.7 Å². The van der Waals surface area contributed by atoms with Gasteiger partial charge in [0.05, 0.1) is 15.5 Å². The van der Waals surface area contributed by atoms with Crippen LogP contribution in [0.5, 0.6) is 0 Å². The van der Waals surface area contributed by atoms with Crippen LogP contribution >= 0.6 is 11.6 Å². The number of rotatable bonds is 6. The van der Waals surface area contributed by atoms with E-state index < -0.39 is 15.9 Å². The van der Waals surface area contributed by atoms with Gasteiger partial charge in [0.25, 0.3) is 5.91 Å². The molecule has 0 spiro atoms. The summed E-state index contributed by atoms with van der Waals surface area (Å²) >= 11 is 5.97. The van der Waals surface area contributed by atoms with E-state index in [9.17, 15) is 13.2 Å². The van der Waals surface area contributed by atoms with Crippen molar-refractivity contribution in [2.24, 2.45) is 0 Å². The standard InChI is InChI=1S/C19H20ClN3O3S/c1-4-23(5-2)27(25,26)18-10-14(7-6-13(18)3)19(24)22-16-9-8-15(12-21)17(20)11-16/h6-11H,4-5H2,1-3H3,(H,22,24). The molecule has 0 saturated heterocycles. The molecule has 2 aromatic carbocycles. The quantitative estimate of drug-likeness (QED) is 0.791. The number of sulfonamides is 1. The minimum Gasteiger partial charge on any atom is -0.322 e. The third-order valence-electron chi connectivity index (χ3n) is 4.12. The number of hydrogen-bond acceptors (Lipinski definition) is 4. The van der Waals surface area contributed by atoms with Crippen molar-refractivity contribution in [3.8, 4) is 6.07 Å². The fraction of sp³-hybridized carbons (Fsp3) is 0.263.